The van der Waals surface area contributed by atoms with Crippen LogP contribution in [0.1, 0.15) is 34.6 Å². The topological polar surface area (TPSA) is 23.5 Å². The number of fused-ring (bicyclic) bond motifs is 1. The Morgan fingerprint density at radius 2 is 1.91 bits per heavy atom. The Bertz CT molecular complexity index is 654. The summed E-state index contributed by atoms with van der Waals surface area (Å²) < 4.78 is 0. The average Bonchev–Trinajstić information content (AvgIpc) is 2.53. The van der Waals surface area contributed by atoms with Gasteiger partial charge >= 0.3 is 0 Å². The van der Waals surface area contributed by atoms with E-state index in [0.29, 0.717) is 17.0 Å². The fraction of sp³-hybridized carbons (Fsp3) is 0.368. The molecule has 2 atom stereocenters. The summed E-state index contributed by atoms with van der Waals surface area (Å²) in [7, 11) is 4.28. The molecule has 2 aromatic carbocycles. The van der Waals surface area contributed by atoms with Gasteiger partial charge in [0.25, 0.3) is 0 Å². The number of likely N-dealkylation sites (N-methyl/N-ethyl adjacent to an activating group) is 1. The molecule has 116 valence electrons. The number of halogens is 1. The molecule has 0 amide bonds. The summed E-state index contributed by atoms with van der Waals surface area (Å²) in [6, 6.07) is 15.3. The zero-order chi connectivity index (χ0) is 15.7. The maximum Gasteiger partial charge on any atom is 0.0696 e. The number of hydrogen-bond donors (Lipinski definition) is 1. The van der Waals surface area contributed by atoms with Crippen LogP contribution in [0.5, 0.6) is 0 Å². The highest BCUT2D eigenvalue weighted by atomic mass is 35.5. The van der Waals surface area contributed by atoms with E-state index in [1.54, 1.807) is 0 Å². The Hall–Kier alpha value is -1.35. The molecule has 3 rings (SSSR count). The summed E-state index contributed by atoms with van der Waals surface area (Å²) in [5.41, 5.74) is 4.78. The minimum Gasteiger partial charge on any atom is -0.392 e. The third kappa shape index (κ3) is 2.91. The molecule has 0 radical (unpaired) electrons. The number of nitrogens with zero attached hydrogens (tertiary/aromatic N) is 1. The molecule has 3 heteroatoms. The lowest BCUT2D eigenvalue weighted by atomic mass is 9.76. The van der Waals surface area contributed by atoms with E-state index in [4.69, 9.17) is 11.6 Å². The van der Waals surface area contributed by atoms with Gasteiger partial charge in [-0.2, -0.15) is 0 Å². The van der Waals surface area contributed by atoms with Crippen molar-refractivity contribution in [2.75, 3.05) is 14.1 Å². The quantitative estimate of drug-likeness (QED) is 0.930. The molecule has 2 nitrogen and oxygen atoms in total. The molecule has 22 heavy (non-hydrogen) atoms. The first-order chi connectivity index (χ1) is 10.6. The van der Waals surface area contributed by atoms with Crippen LogP contribution >= 0.6 is 11.6 Å². The van der Waals surface area contributed by atoms with Crippen molar-refractivity contribution in [3.63, 3.8) is 0 Å². The highest BCUT2D eigenvalue weighted by Crippen LogP contribution is 2.40. The largest absolute Gasteiger partial charge is 0.392 e. The maximum absolute atomic E-state index is 9.52. The Kier molecular flexibility index (Phi) is 4.53. The molecule has 0 heterocycles. The van der Waals surface area contributed by atoms with Gasteiger partial charge in [-0.3, -0.25) is 0 Å². The van der Waals surface area contributed by atoms with Gasteiger partial charge in [-0.25, -0.2) is 0 Å². The van der Waals surface area contributed by atoms with Crippen molar-refractivity contribution in [2.45, 2.75) is 31.4 Å². The van der Waals surface area contributed by atoms with Crippen molar-refractivity contribution < 1.29 is 5.11 Å². The maximum atomic E-state index is 9.52. The van der Waals surface area contributed by atoms with Crippen molar-refractivity contribution in [2.24, 2.45) is 0 Å². The minimum absolute atomic E-state index is 0.00919. The Morgan fingerprint density at radius 1 is 1.18 bits per heavy atom. The lowest BCUT2D eigenvalue weighted by molar-refractivity contribution is 0.257. The molecule has 1 aliphatic rings. The SMILES string of the molecule is CN(C)C1Cc2cc(Cl)c(CO)cc2C(c2ccccc2)C1. The Labute approximate surface area is 137 Å². The summed E-state index contributed by atoms with van der Waals surface area (Å²) in [6.07, 6.45) is 2.10. The van der Waals surface area contributed by atoms with Crippen LogP contribution in [0.4, 0.5) is 0 Å². The van der Waals surface area contributed by atoms with Crippen molar-refractivity contribution in [1.82, 2.24) is 4.90 Å². The third-order valence-electron chi connectivity index (χ3n) is 4.75. The molecular weight excluding hydrogens is 294 g/mol. The van der Waals surface area contributed by atoms with Crippen LogP contribution < -0.4 is 0 Å². The number of aliphatic hydroxyl groups excluding tert-OH is 1. The average molecular weight is 316 g/mol. The van der Waals surface area contributed by atoms with Crippen molar-refractivity contribution in [3.05, 3.63) is 69.7 Å². The van der Waals surface area contributed by atoms with E-state index in [2.05, 4.69) is 55.4 Å². The van der Waals surface area contributed by atoms with E-state index >= 15 is 0 Å². The third-order valence-corrected chi connectivity index (χ3v) is 5.10. The summed E-state index contributed by atoms with van der Waals surface area (Å²) >= 11 is 6.31. The summed E-state index contributed by atoms with van der Waals surface area (Å²) in [4.78, 5) is 2.30. The Morgan fingerprint density at radius 3 is 2.55 bits per heavy atom. The van der Waals surface area contributed by atoms with Crippen LogP contribution in [0.2, 0.25) is 5.02 Å². The van der Waals surface area contributed by atoms with Crippen LogP contribution in [0.15, 0.2) is 42.5 Å². The predicted octanol–water partition coefficient (Wildman–Crippen LogP) is 3.84. The Balaban J connectivity index is 2.10. The second kappa shape index (κ2) is 6.41. The van der Waals surface area contributed by atoms with Gasteiger partial charge < -0.3 is 10.0 Å². The molecule has 0 saturated carbocycles. The van der Waals surface area contributed by atoms with Crippen LogP contribution in [-0.2, 0) is 13.0 Å². The van der Waals surface area contributed by atoms with Crippen LogP contribution in [0.3, 0.4) is 0 Å². The second-order valence-electron chi connectivity index (χ2n) is 6.32. The standard InChI is InChI=1S/C19H22ClNO/c1-21(2)16-8-14-10-19(20)15(12-22)9-17(14)18(11-16)13-6-4-3-5-7-13/h3-7,9-10,16,18,22H,8,11-12H2,1-2H3. The van der Waals surface area contributed by atoms with Crippen LogP contribution in [0.25, 0.3) is 0 Å². The number of benzene rings is 2. The van der Waals surface area contributed by atoms with Gasteiger partial charge in [0.2, 0.25) is 0 Å². The van der Waals surface area contributed by atoms with Gasteiger partial charge in [0, 0.05) is 17.0 Å². The van der Waals surface area contributed by atoms with Gasteiger partial charge in [0.1, 0.15) is 0 Å². The molecule has 0 fully saturated rings. The molecule has 1 N–H and O–H groups in total. The molecule has 0 saturated heterocycles. The summed E-state index contributed by atoms with van der Waals surface area (Å²) in [5, 5.41) is 10.2. The van der Waals surface area contributed by atoms with E-state index in [0.717, 1.165) is 18.4 Å². The zero-order valence-corrected chi connectivity index (χ0v) is 13.8. The van der Waals surface area contributed by atoms with E-state index in [-0.39, 0.29) is 6.61 Å². The molecule has 0 aliphatic heterocycles. The molecule has 0 spiro atoms. The van der Waals surface area contributed by atoms with Gasteiger partial charge in [-0.1, -0.05) is 48.0 Å². The summed E-state index contributed by atoms with van der Waals surface area (Å²) in [6.45, 7) is -0.00919. The number of hydrogen-bond acceptors (Lipinski definition) is 2. The van der Waals surface area contributed by atoms with Gasteiger partial charge in [0.05, 0.1) is 6.61 Å². The highest BCUT2D eigenvalue weighted by Gasteiger charge is 2.29. The first-order valence-electron chi connectivity index (χ1n) is 7.73. The smallest absolute Gasteiger partial charge is 0.0696 e. The van der Waals surface area contributed by atoms with Crippen molar-refractivity contribution in [3.8, 4) is 0 Å². The zero-order valence-electron chi connectivity index (χ0n) is 13.1. The molecule has 1 aliphatic carbocycles. The van der Waals surface area contributed by atoms with Crippen molar-refractivity contribution in [1.29, 1.82) is 0 Å². The fourth-order valence-electron chi connectivity index (χ4n) is 3.43. The monoisotopic (exact) mass is 315 g/mol. The number of aliphatic hydroxyl groups is 1. The molecule has 2 aromatic rings. The molecule has 0 bridgehead atoms. The summed E-state index contributed by atoms with van der Waals surface area (Å²) in [5.74, 6) is 0.361. The van der Waals surface area contributed by atoms with E-state index in [9.17, 15) is 5.11 Å². The molecule has 0 aromatic heterocycles. The van der Waals surface area contributed by atoms with Crippen LogP contribution in [0, 0.1) is 0 Å². The van der Waals surface area contributed by atoms with Crippen molar-refractivity contribution >= 4 is 11.6 Å². The normalized spacial score (nSPS) is 21.0. The fourth-order valence-corrected chi connectivity index (χ4v) is 3.68. The molecule has 2 unspecified atom stereocenters. The molecular formula is C19H22ClNO. The highest BCUT2D eigenvalue weighted by molar-refractivity contribution is 6.31. The minimum atomic E-state index is -0.00919. The van der Waals surface area contributed by atoms with Gasteiger partial charge in [-0.15, -0.1) is 0 Å². The second-order valence-corrected chi connectivity index (χ2v) is 6.73. The van der Waals surface area contributed by atoms with Gasteiger partial charge in [-0.05, 0) is 55.3 Å². The van der Waals surface area contributed by atoms with E-state index in [1.165, 1.54) is 16.7 Å². The lowest BCUT2D eigenvalue weighted by Gasteiger charge is -2.36. The lowest BCUT2D eigenvalue weighted by Crippen LogP contribution is -2.35. The first kappa shape index (κ1) is 15.5. The van der Waals surface area contributed by atoms with Crippen LogP contribution in [-0.4, -0.2) is 30.1 Å². The number of rotatable bonds is 3. The predicted molar refractivity (Wildman–Crippen MR) is 91.5 cm³/mol. The first-order valence-corrected chi connectivity index (χ1v) is 8.11. The van der Waals surface area contributed by atoms with Gasteiger partial charge in [0.15, 0.2) is 0 Å². The van der Waals surface area contributed by atoms with E-state index in [1.807, 2.05) is 6.07 Å². The van der Waals surface area contributed by atoms with E-state index < -0.39 is 0 Å².